The zero-order valence-corrected chi connectivity index (χ0v) is 14.2. The molecule has 0 unspecified atom stereocenters. The maximum atomic E-state index is 5.38. The Kier molecular flexibility index (Phi) is 4.74. The molecule has 3 aromatic rings. The van der Waals surface area contributed by atoms with Crippen LogP contribution in [0.4, 0.5) is 5.69 Å². The third kappa shape index (κ3) is 3.88. The van der Waals surface area contributed by atoms with Gasteiger partial charge in [0.15, 0.2) is 5.82 Å². The van der Waals surface area contributed by atoms with Crippen molar-refractivity contribution in [3.63, 3.8) is 0 Å². The van der Waals surface area contributed by atoms with Crippen molar-refractivity contribution in [2.45, 2.75) is 6.42 Å². The lowest BCUT2D eigenvalue weighted by atomic mass is 10.2. The van der Waals surface area contributed by atoms with Crippen LogP contribution in [0, 0.1) is 0 Å². The summed E-state index contributed by atoms with van der Waals surface area (Å²) in [6.45, 7) is 5.23. The summed E-state index contributed by atoms with van der Waals surface area (Å²) in [7, 11) is 0. The number of benzene rings is 2. The summed E-state index contributed by atoms with van der Waals surface area (Å²) in [5.41, 5.74) is 2.28. The molecule has 0 amide bonds. The maximum Gasteiger partial charge on any atom is 0.257 e. The van der Waals surface area contributed by atoms with E-state index >= 15 is 0 Å². The number of hydrogen-bond donors (Lipinski definition) is 0. The van der Waals surface area contributed by atoms with E-state index in [1.165, 1.54) is 5.69 Å². The average molecular weight is 334 g/mol. The van der Waals surface area contributed by atoms with Gasteiger partial charge in [-0.05, 0) is 24.3 Å². The largest absolute Gasteiger partial charge is 0.369 e. The highest BCUT2D eigenvalue weighted by Crippen LogP contribution is 2.17. The van der Waals surface area contributed by atoms with Gasteiger partial charge in [0.05, 0.1) is 0 Å². The normalized spacial score (nSPS) is 15.4. The zero-order valence-electron chi connectivity index (χ0n) is 14.2. The van der Waals surface area contributed by atoms with E-state index in [4.69, 9.17) is 4.52 Å². The number of para-hydroxylation sites is 1. The van der Waals surface area contributed by atoms with Crippen molar-refractivity contribution in [1.29, 1.82) is 0 Å². The summed E-state index contributed by atoms with van der Waals surface area (Å²) in [6, 6.07) is 20.5. The van der Waals surface area contributed by atoms with E-state index in [1.54, 1.807) is 0 Å². The first-order valence-corrected chi connectivity index (χ1v) is 8.79. The minimum Gasteiger partial charge on any atom is -0.369 e. The molecule has 0 aliphatic carbocycles. The SMILES string of the molecule is c1ccc(-c2nc(CCN3CCN(c4ccccc4)CC3)no2)cc1. The van der Waals surface area contributed by atoms with Crippen LogP contribution < -0.4 is 4.90 Å². The predicted octanol–water partition coefficient (Wildman–Crippen LogP) is 3.10. The van der Waals surface area contributed by atoms with Crippen LogP contribution in [0.2, 0.25) is 0 Å². The van der Waals surface area contributed by atoms with E-state index in [0.29, 0.717) is 5.89 Å². The molecule has 25 heavy (non-hydrogen) atoms. The summed E-state index contributed by atoms with van der Waals surface area (Å²) in [4.78, 5) is 9.43. The summed E-state index contributed by atoms with van der Waals surface area (Å²) in [5, 5.41) is 4.12. The second kappa shape index (κ2) is 7.49. The van der Waals surface area contributed by atoms with Crippen LogP contribution in [-0.2, 0) is 6.42 Å². The van der Waals surface area contributed by atoms with Crippen molar-refractivity contribution >= 4 is 5.69 Å². The average Bonchev–Trinajstić information content (AvgIpc) is 3.17. The Morgan fingerprint density at radius 3 is 2.24 bits per heavy atom. The van der Waals surface area contributed by atoms with Crippen molar-refractivity contribution in [2.24, 2.45) is 0 Å². The lowest BCUT2D eigenvalue weighted by molar-refractivity contribution is 0.258. The van der Waals surface area contributed by atoms with Crippen LogP contribution in [0.3, 0.4) is 0 Å². The summed E-state index contributed by atoms with van der Waals surface area (Å²) in [5.74, 6) is 1.38. The molecule has 0 saturated carbocycles. The van der Waals surface area contributed by atoms with E-state index in [-0.39, 0.29) is 0 Å². The number of piperazine rings is 1. The molecular weight excluding hydrogens is 312 g/mol. The van der Waals surface area contributed by atoms with E-state index < -0.39 is 0 Å². The van der Waals surface area contributed by atoms with Crippen molar-refractivity contribution in [2.75, 3.05) is 37.6 Å². The molecule has 1 aliphatic rings. The van der Waals surface area contributed by atoms with E-state index in [2.05, 4.69) is 50.3 Å². The molecule has 1 saturated heterocycles. The van der Waals surface area contributed by atoms with E-state index in [1.807, 2.05) is 30.3 Å². The number of anilines is 1. The van der Waals surface area contributed by atoms with Crippen LogP contribution in [0.5, 0.6) is 0 Å². The summed E-state index contributed by atoms with van der Waals surface area (Å²) in [6.07, 6.45) is 0.821. The van der Waals surface area contributed by atoms with Crippen LogP contribution in [-0.4, -0.2) is 47.8 Å². The molecule has 0 atom stereocenters. The maximum absolute atomic E-state index is 5.38. The van der Waals surface area contributed by atoms with Gasteiger partial charge in [-0.25, -0.2) is 0 Å². The number of aromatic nitrogens is 2. The molecule has 5 nitrogen and oxygen atoms in total. The molecule has 1 fully saturated rings. The fourth-order valence-corrected chi connectivity index (χ4v) is 3.18. The number of nitrogens with zero attached hydrogens (tertiary/aromatic N) is 4. The second-order valence-corrected chi connectivity index (χ2v) is 6.30. The minimum atomic E-state index is 0.601. The highest BCUT2D eigenvalue weighted by atomic mass is 16.5. The first kappa shape index (κ1) is 15.8. The highest BCUT2D eigenvalue weighted by molar-refractivity contribution is 5.52. The topological polar surface area (TPSA) is 45.4 Å². The second-order valence-electron chi connectivity index (χ2n) is 6.30. The third-order valence-corrected chi connectivity index (χ3v) is 4.63. The smallest absolute Gasteiger partial charge is 0.257 e. The lowest BCUT2D eigenvalue weighted by Crippen LogP contribution is -2.47. The van der Waals surface area contributed by atoms with Crippen LogP contribution in [0.25, 0.3) is 11.5 Å². The standard InChI is InChI=1S/C20H22N4O/c1-3-7-17(8-4-1)20-21-19(22-25-20)11-12-23-13-15-24(16-14-23)18-9-5-2-6-10-18/h1-10H,11-16H2. The van der Waals surface area contributed by atoms with Gasteiger partial charge in [0.1, 0.15) is 0 Å². The summed E-state index contributed by atoms with van der Waals surface area (Å²) >= 11 is 0. The molecule has 5 heteroatoms. The van der Waals surface area contributed by atoms with E-state index in [9.17, 15) is 0 Å². The molecule has 128 valence electrons. The van der Waals surface area contributed by atoms with E-state index in [0.717, 1.165) is 50.5 Å². The fourth-order valence-electron chi connectivity index (χ4n) is 3.18. The lowest BCUT2D eigenvalue weighted by Gasteiger charge is -2.35. The molecule has 0 spiro atoms. The van der Waals surface area contributed by atoms with Gasteiger partial charge in [0.25, 0.3) is 5.89 Å². The van der Waals surface area contributed by atoms with Crippen molar-refractivity contribution < 1.29 is 4.52 Å². The molecule has 0 radical (unpaired) electrons. The van der Waals surface area contributed by atoms with Gasteiger partial charge >= 0.3 is 0 Å². The Hall–Kier alpha value is -2.66. The predicted molar refractivity (Wildman–Crippen MR) is 98.5 cm³/mol. The minimum absolute atomic E-state index is 0.601. The molecule has 4 rings (SSSR count). The Morgan fingerprint density at radius 2 is 1.52 bits per heavy atom. The van der Waals surface area contributed by atoms with Gasteiger partial charge in [-0.1, -0.05) is 41.6 Å². The molecular formula is C20H22N4O. The van der Waals surface area contributed by atoms with Gasteiger partial charge in [-0.2, -0.15) is 4.98 Å². The molecule has 2 heterocycles. The Balaban J connectivity index is 1.28. The van der Waals surface area contributed by atoms with Gasteiger partial charge in [-0.3, -0.25) is 4.90 Å². The Bertz CT molecular complexity index is 780. The summed E-state index contributed by atoms with van der Waals surface area (Å²) < 4.78 is 5.38. The van der Waals surface area contributed by atoms with Gasteiger partial charge < -0.3 is 9.42 Å². The first-order valence-electron chi connectivity index (χ1n) is 8.79. The molecule has 0 N–H and O–H groups in total. The van der Waals surface area contributed by atoms with Crippen LogP contribution in [0.15, 0.2) is 65.2 Å². The van der Waals surface area contributed by atoms with Gasteiger partial charge in [0, 0.05) is 50.4 Å². The molecule has 2 aromatic carbocycles. The quantitative estimate of drug-likeness (QED) is 0.717. The van der Waals surface area contributed by atoms with Gasteiger partial charge in [0.2, 0.25) is 0 Å². The zero-order chi connectivity index (χ0) is 16.9. The first-order chi connectivity index (χ1) is 12.4. The monoisotopic (exact) mass is 334 g/mol. The number of rotatable bonds is 5. The number of hydrogen-bond acceptors (Lipinski definition) is 5. The third-order valence-electron chi connectivity index (χ3n) is 4.63. The molecule has 0 bridgehead atoms. The Labute approximate surface area is 147 Å². The van der Waals surface area contributed by atoms with Crippen LogP contribution >= 0.6 is 0 Å². The molecule has 1 aliphatic heterocycles. The van der Waals surface area contributed by atoms with Crippen LogP contribution in [0.1, 0.15) is 5.82 Å². The molecule has 1 aromatic heterocycles. The van der Waals surface area contributed by atoms with Crippen molar-refractivity contribution in [1.82, 2.24) is 15.0 Å². The van der Waals surface area contributed by atoms with Crippen molar-refractivity contribution in [3.05, 3.63) is 66.5 Å². The van der Waals surface area contributed by atoms with Gasteiger partial charge in [-0.15, -0.1) is 0 Å². The van der Waals surface area contributed by atoms with Crippen molar-refractivity contribution in [3.8, 4) is 11.5 Å². The Morgan fingerprint density at radius 1 is 0.840 bits per heavy atom. The fraction of sp³-hybridized carbons (Fsp3) is 0.300. The highest BCUT2D eigenvalue weighted by Gasteiger charge is 2.17.